The third kappa shape index (κ3) is 3.12. The summed E-state index contributed by atoms with van der Waals surface area (Å²) in [7, 11) is 3.25. The molecule has 0 saturated carbocycles. The Morgan fingerprint density at radius 1 is 1.14 bits per heavy atom. The Bertz CT molecular complexity index is 330. The van der Waals surface area contributed by atoms with Gasteiger partial charge >= 0.3 is 91.8 Å². The molecule has 0 unspecified atom stereocenters. The number of benzene rings is 1. The Morgan fingerprint density at radius 2 is 1.79 bits per heavy atom. The zero-order chi connectivity index (χ0) is 10.4. The van der Waals surface area contributed by atoms with Gasteiger partial charge in [0.25, 0.3) is 0 Å². The van der Waals surface area contributed by atoms with Crippen LogP contribution in [0, 0.1) is 0 Å². The summed E-state index contributed by atoms with van der Waals surface area (Å²) in [5.41, 5.74) is 1.03. The first-order valence-corrected chi connectivity index (χ1v) is 4.80. The molecule has 0 aliphatic rings. The molecular formula is C11H12CrO2. The Kier molecular flexibility index (Phi) is 4.61. The summed E-state index contributed by atoms with van der Waals surface area (Å²) < 4.78 is 11.0. The zero-order valence-corrected chi connectivity index (χ0v) is 9.46. The van der Waals surface area contributed by atoms with Gasteiger partial charge in [-0.15, -0.1) is 0 Å². The molecule has 0 atom stereocenters. The first-order valence-electron chi connectivity index (χ1n) is 4.17. The summed E-state index contributed by atoms with van der Waals surface area (Å²) in [6, 6.07) is 9.87. The average molecular weight is 228 g/mol. The minimum absolute atomic E-state index is 0.700. The molecule has 0 radical (unpaired) electrons. The summed E-state index contributed by atoms with van der Waals surface area (Å²) >= 11 is 2.80. The van der Waals surface area contributed by atoms with Crippen molar-refractivity contribution in [3.05, 3.63) is 42.0 Å². The summed E-state index contributed by atoms with van der Waals surface area (Å²) in [5, 5.41) is 0. The van der Waals surface area contributed by atoms with E-state index >= 15 is 0 Å². The van der Waals surface area contributed by atoms with Gasteiger partial charge in [-0.1, -0.05) is 0 Å². The molecule has 0 aromatic heterocycles. The van der Waals surface area contributed by atoms with Crippen molar-refractivity contribution in [2.45, 2.75) is 0 Å². The molecule has 1 aromatic rings. The number of hydrogen-bond acceptors (Lipinski definition) is 2. The molecule has 0 aliphatic carbocycles. The van der Waals surface area contributed by atoms with Crippen LogP contribution in [0.1, 0.15) is 5.56 Å². The second-order valence-electron chi connectivity index (χ2n) is 2.60. The van der Waals surface area contributed by atoms with Crippen molar-refractivity contribution in [2.24, 2.45) is 0 Å². The summed E-state index contributed by atoms with van der Waals surface area (Å²) in [4.78, 5) is 0. The third-order valence-corrected chi connectivity index (χ3v) is 2.17. The maximum atomic E-state index is 5.25. The Labute approximate surface area is 92.1 Å². The van der Waals surface area contributed by atoms with Crippen molar-refractivity contribution in [1.82, 2.24) is 0 Å². The van der Waals surface area contributed by atoms with E-state index < -0.39 is 0 Å². The van der Waals surface area contributed by atoms with Gasteiger partial charge in [0.15, 0.2) is 0 Å². The van der Waals surface area contributed by atoms with E-state index in [0.29, 0.717) is 4.57 Å². The second-order valence-corrected chi connectivity index (χ2v) is 3.23. The van der Waals surface area contributed by atoms with E-state index in [1.165, 1.54) is 0 Å². The van der Waals surface area contributed by atoms with Gasteiger partial charge in [-0.3, -0.25) is 0 Å². The molecule has 0 fully saturated rings. The molecule has 0 saturated heterocycles. The van der Waals surface area contributed by atoms with Crippen molar-refractivity contribution in [3.8, 4) is 0 Å². The summed E-state index contributed by atoms with van der Waals surface area (Å²) in [5.74, 6) is 0.779. The normalized spacial score (nSPS) is 11.1. The minimum atomic E-state index is 0.700. The van der Waals surface area contributed by atoms with Crippen LogP contribution in [0.4, 0.5) is 0 Å². The molecule has 0 N–H and O–H groups in total. The zero-order valence-electron chi connectivity index (χ0n) is 8.19. The topological polar surface area (TPSA) is 18.5 Å². The van der Waals surface area contributed by atoms with Gasteiger partial charge in [0.2, 0.25) is 0 Å². The number of methoxy groups -OCH3 is 2. The van der Waals surface area contributed by atoms with E-state index in [9.17, 15) is 0 Å². The van der Waals surface area contributed by atoms with Gasteiger partial charge in [-0.05, 0) is 0 Å². The number of ether oxygens (including phenoxy) is 2. The van der Waals surface area contributed by atoms with Gasteiger partial charge in [-0.2, -0.15) is 0 Å². The fourth-order valence-corrected chi connectivity index (χ4v) is 1.20. The van der Waals surface area contributed by atoms with Gasteiger partial charge in [0.05, 0.1) is 0 Å². The Hall–Kier alpha value is -0.878. The van der Waals surface area contributed by atoms with Crippen LogP contribution in [0.2, 0.25) is 0 Å². The second kappa shape index (κ2) is 5.77. The first-order chi connectivity index (χ1) is 6.77. The average Bonchev–Trinajstić information content (AvgIpc) is 2.26. The van der Waals surface area contributed by atoms with E-state index in [-0.39, 0.29) is 0 Å². The first kappa shape index (κ1) is 11.2. The van der Waals surface area contributed by atoms with Crippen LogP contribution >= 0.6 is 0 Å². The molecule has 3 heteroatoms. The van der Waals surface area contributed by atoms with Crippen molar-refractivity contribution in [2.75, 3.05) is 14.2 Å². The molecule has 0 spiro atoms. The Balaban J connectivity index is 2.93. The third-order valence-electron chi connectivity index (χ3n) is 1.73. The van der Waals surface area contributed by atoms with Crippen molar-refractivity contribution in [3.63, 3.8) is 0 Å². The van der Waals surface area contributed by atoms with Gasteiger partial charge in [0, 0.05) is 0 Å². The van der Waals surface area contributed by atoms with Gasteiger partial charge in [-0.25, -0.2) is 0 Å². The molecule has 74 valence electrons. The van der Waals surface area contributed by atoms with E-state index in [0.717, 1.165) is 11.3 Å². The van der Waals surface area contributed by atoms with Crippen LogP contribution in [-0.4, -0.2) is 18.8 Å². The van der Waals surface area contributed by atoms with Crippen LogP contribution in [0.3, 0.4) is 0 Å². The fraction of sp³-hybridized carbons (Fsp3) is 0.182. The monoisotopic (exact) mass is 228 g/mol. The summed E-state index contributed by atoms with van der Waals surface area (Å²) in [6.45, 7) is 0. The standard InChI is InChI=1S/C11H12O2.Cr/c1-12-9-8-11(13-2)10-6-4-3-5-7-10;/h3-8H,1-2H3;/b11-8+;. The fourth-order valence-electron chi connectivity index (χ4n) is 1.03. The SMILES string of the molecule is CO[C](=[Cr])/C=C(/OC)c1ccccc1. The van der Waals surface area contributed by atoms with Gasteiger partial charge in [0.1, 0.15) is 0 Å². The predicted molar refractivity (Wildman–Crippen MR) is 53.4 cm³/mol. The molecule has 1 rings (SSSR count). The van der Waals surface area contributed by atoms with Crippen LogP contribution in [0.25, 0.3) is 5.76 Å². The maximum absolute atomic E-state index is 5.25. The van der Waals surface area contributed by atoms with Crippen LogP contribution in [0.5, 0.6) is 0 Å². The molecule has 0 amide bonds. The number of hydrogen-bond donors (Lipinski definition) is 0. The Morgan fingerprint density at radius 3 is 2.29 bits per heavy atom. The van der Waals surface area contributed by atoms with E-state index in [4.69, 9.17) is 9.47 Å². The molecule has 0 heterocycles. The van der Waals surface area contributed by atoms with E-state index in [1.807, 2.05) is 36.4 Å². The van der Waals surface area contributed by atoms with Crippen molar-refractivity contribution < 1.29 is 25.3 Å². The molecule has 14 heavy (non-hydrogen) atoms. The van der Waals surface area contributed by atoms with Crippen LogP contribution < -0.4 is 0 Å². The molecule has 0 bridgehead atoms. The van der Waals surface area contributed by atoms with Gasteiger partial charge < -0.3 is 0 Å². The number of rotatable bonds is 4. The van der Waals surface area contributed by atoms with E-state index in [1.54, 1.807) is 14.2 Å². The van der Waals surface area contributed by atoms with Crippen molar-refractivity contribution in [1.29, 1.82) is 0 Å². The molecule has 2 nitrogen and oxygen atoms in total. The van der Waals surface area contributed by atoms with E-state index in [2.05, 4.69) is 15.9 Å². The summed E-state index contributed by atoms with van der Waals surface area (Å²) in [6.07, 6.45) is 1.81. The molecule has 1 aromatic carbocycles. The molecular weight excluding hydrogens is 216 g/mol. The van der Waals surface area contributed by atoms with Crippen LogP contribution in [0.15, 0.2) is 36.4 Å². The van der Waals surface area contributed by atoms with Crippen LogP contribution in [-0.2, 0) is 25.3 Å². The molecule has 0 aliphatic heterocycles. The quantitative estimate of drug-likeness (QED) is 0.734. The predicted octanol–water partition coefficient (Wildman–Crippen LogP) is 2.00. The van der Waals surface area contributed by atoms with Crippen molar-refractivity contribution >= 4 is 10.3 Å².